The lowest BCUT2D eigenvalue weighted by atomic mass is 10.1. The van der Waals surface area contributed by atoms with Gasteiger partial charge in [0.1, 0.15) is 5.69 Å². The van der Waals surface area contributed by atoms with Gasteiger partial charge >= 0.3 is 0 Å². The van der Waals surface area contributed by atoms with Crippen molar-refractivity contribution in [1.29, 1.82) is 0 Å². The van der Waals surface area contributed by atoms with Gasteiger partial charge in [-0.1, -0.05) is 13.3 Å². The van der Waals surface area contributed by atoms with Gasteiger partial charge in [-0.05, 0) is 12.5 Å². The van der Waals surface area contributed by atoms with Crippen molar-refractivity contribution < 1.29 is 14.6 Å². The first kappa shape index (κ1) is 15.5. The first-order valence-corrected chi connectivity index (χ1v) is 8.02. The van der Waals surface area contributed by atoms with Crippen LogP contribution in [0.15, 0.2) is 6.07 Å². The number of aromatic amines is 1. The molecule has 0 bridgehead atoms. The molecular formula is C15H24N4O3. The molecule has 22 heavy (non-hydrogen) atoms. The van der Waals surface area contributed by atoms with Crippen LogP contribution in [0.4, 0.5) is 0 Å². The average Bonchev–Trinajstić information content (AvgIpc) is 3.15. The summed E-state index contributed by atoms with van der Waals surface area (Å²) in [5, 5.41) is 17.3. The molecule has 3 rings (SSSR count). The number of nitrogens with one attached hydrogen (secondary N) is 1. The zero-order valence-electron chi connectivity index (χ0n) is 13.0. The maximum absolute atomic E-state index is 12.5. The van der Waals surface area contributed by atoms with Crippen LogP contribution in [-0.2, 0) is 11.2 Å². The third kappa shape index (κ3) is 3.16. The summed E-state index contributed by atoms with van der Waals surface area (Å²) < 4.78 is 5.35. The molecule has 2 N–H and O–H groups in total. The van der Waals surface area contributed by atoms with E-state index in [-0.39, 0.29) is 11.9 Å². The topological polar surface area (TPSA) is 81.7 Å². The van der Waals surface area contributed by atoms with Gasteiger partial charge in [0.15, 0.2) is 0 Å². The predicted molar refractivity (Wildman–Crippen MR) is 80.7 cm³/mol. The third-order valence-corrected chi connectivity index (χ3v) is 4.43. The largest absolute Gasteiger partial charge is 0.390 e. The lowest BCUT2D eigenvalue weighted by Crippen LogP contribution is -2.49. The third-order valence-electron chi connectivity index (χ3n) is 4.43. The van der Waals surface area contributed by atoms with Gasteiger partial charge in [-0.25, -0.2) is 0 Å². The number of likely N-dealkylation sites (tertiary alicyclic amines) is 1. The molecule has 1 aromatic rings. The van der Waals surface area contributed by atoms with Gasteiger partial charge in [0.2, 0.25) is 0 Å². The van der Waals surface area contributed by atoms with Gasteiger partial charge < -0.3 is 14.7 Å². The second kappa shape index (κ2) is 6.76. The number of hydrogen-bond donors (Lipinski definition) is 2. The van der Waals surface area contributed by atoms with Crippen LogP contribution < -0.4 is 0 Å². The van der Waals surface area contributed by atoms with Crippen molar-refractivity contribution in [2.24, 2.45) is 0 Å². The quantitative estimate of drug-likeness (QED) is 0.810. The Morgan fingerprint density at radius 2 is 2.23 bits per heavy atom. The Balaban J connectivity index is 1.63. The number of aliphatic hydroxyl groups is 1. The van der Waals surface area contributed by atoms with Gasteiger partial charge in [-0.2, -0.15) is 5.10 Å². The van der Waals surface area contributed by atoms with Gasteiger partial charge in [0.25, 0.3) is 5.91 Å². The first-order chi connectivity index (χ1) is 10.7. The number of morpholine rings is 1. The van der Waals surface area contributed by atoms with Crippen LogP contribution in [0.1, 0.15) is 29.5 Å². The van der Waals surface area contributed by atoms with Gasteiger partial charge in [-0.3, -0.25) is 14.8 Å². The number of ether oxygens (including phenoxy) is 1. The second-order valence-corrected chi connectivity index (χ2v) is 6.02. The number of carbonyl (C=O) groups excluding carboxylic acids is 1. The summed E-state index contributed by atoms with van der Waals surface area (Å²) >= 11 is 0. The number of aryl methyl sites for hydroxylation is 1. The molecule has 2 saturated heterocycles. The molecule has 7 nitrogen and oxygen atoms in total. The minimum absolute atomic E-state index is 0.00176. The normalized spacial score (nSPS) is 26.5. The Morgan fingerprint density at radius 1 is 1.45 bits per heavy atom. The molecule has 2 atom stereocenters. The van der Waals surface area contributed by atoms with Gasteiger partial charge in [0, 0.05) is 31.9 Å². The lowest BCUT2D eigenvalue weighted by molar-refractivity contribution is -0.00611. The fraction of sp³-hybridized carbons (Fsp3) is 0.733. The fourth-order valence-corrected chi connectivity index (χ4v) is 3.23. The van der Waals surface area contributed by atoms with Crippen LogP contribution in [-0.4, -0.2) is 82.5 Å². The summed E-state index contributed by atoms with van der Waals surface area (Å²) in [6, 6.07) is 1.82. The number of carbonyl (C=O) groups is 1. The number of nitrogens with zero attached hydrogens (tertiary/aromatic N) is 3. The molecule has 0 saturated carbocycles. The second-order valence-electron chi connectivity index (χ2n) is 6.02. The highest BCUT2D eigenvalue weighted by Gasteiger charge is 2.38. The van der Waals surface area contributed by atoms with Crippen LogP contribution in [0.25, 0.3) is 0 Å². The maximum Gasteiger partial charge on any atom is 0.274 e. The Kier molecular flexibility index (Phi) is 4.75. The van der Waals surface area contributed by atoms with Crippen LogP contribution >= 0.6 is 0 Å². The predicted octanol–water partition coefficient (Wildman–Crippen LogP) is -0.120. The summed E-state index contributed by atoms with van der Waals surface area (Å²) in [6.07, 6.45) is 1.40. The highest BCUT2D eigenvalue weighted by molar-refractivity contribution is 5.92. The van der Waals surface area contributed by atoms with Crippen molar-refractivity contribution in [3.8, 4) is 0 Å². The molecule has 2 aliphatic rings. The average molecular weight is 308 g/mol. The van der Waals surface area contributed by atoms with E-state index in [0.29, 0.717) is 32.0 Å². The van der Waals surface area contributed by atoms with Crippen molar-refractivity contribution in [2.75, 3.05) is 39.4 Å². The molecule has 1 aromatic heterocycles. The molecule has 7 heteroatoms. The number of hydrogen-bond acceptors (Lipinski definition) is 5. The van der Waals surface area contributed by atoms with Gasteiger partial charge in [-0.15, -0.1) is 0 Å². The van der Waals surface area contributed by atoms with Gasteiger partial charge in [0.05, 0.1) is 25.4 Å². The molecule has 0 aliphatic carbocycles. The first-order valence-electron chi connectivity index (χ1n) is 8.02. The summed E-state index contributed by atoms with van der Waals surface area (Å²) in [7, 11) is 0. The Hall–Kier alpha value is -1.44. The number of aliphatic hydroxyl groups excluding tert-OH is 1. The molecule has 0 radical (unpaired) electrons. The molecule has 2 aliphatic heterocycles. The highest BCUT2D eigenvalue weighted by Crippen LogP contribution is 2.19. The molecular weight excluding hydrogens is 284 g/mol. The minimum atomic E-state index is -0.504. The Morgan fingerprint density at radius 3 is 2.95 bits per heavy atom. The van der Waals surface area contributed by atoms with Crippen LogP contribution in [0, 0.1) is 0 Å². The van der Waals surface area contributed by atoms with E-state index >= 15 is 0 Å². The molecule has 122 valence electrons. The molecule has 1 amide bonds. The van der Waals surface area contributed by atoms with E-state index in [0.717, 1.165) is 31.6 Å². The van der Waals surface area contributed by atoms with Crippen molar-refractivity contribution in [1.82, 2.24) is 20.0 Å². The maximum atomic E-state index is 12.5. The van der Waals surface area contributed by atoms with E-state index in [1.165, 1.54) is 0 Å². The minimum Gasteiger partial charge on any atom is -0.390 e. The van der Waals surface area contributed by atoms with Crippen LogP contribution in [0.5, 0.6) is 0 Å². The van der Waals surface area contributed by atoms with E-state index in [1.54, 1.807) is 4.90 Å². The number of β-amino-alcohol motifs (C(OH)–C–C–N with tert-alkyl or cyclic N) is 1. The zero-order chi connectivity index (χ0) is 15.5. The van der Waals surface area contributed by atoms with E-state index < -0.39 is 6.10 Å². The molecule has 0 spiro atoms. The Bertz CT molecular complexity index is 513. The molecule has 2 fully saturated rings. The summed E-state index contributed by atoms with van der Waals surface area (Å²) in [6.45, 7) is 6.02. The summed E-state index contributed by atoms with van der Waals surface area (Å²) in [4.78, 5) is 16.4. The summed E-state index contributed by atoms with van der Waals surface area (Å²) in [5.74, 6) is -0.103. The summed E-state index contributed by atoms with van der Waals surface area (Å²) in [5.41, 5.74) is 1.42. The number of H-pyrrole nitrogens is 1. The van der Waals surface area contributed by atoms with Crippen LogP contribution in [0.3, 0.4) is 0 Å². The molecule has 3 heterocycles. The van der Waals surface area contributed by atoms with E-state index in [2.05, 4.69) is 22.0 Å². The number of aromatic nitrogens is 2. The van der Waals surface area contributed by atoms with E-state index in [4.69, 9.17) is 4.74 Å². The highest BCUT2D eigenvalue weighted by atomic mass is 16.5. The number of rotatable bonds is 4. The monoisotopic (exact) mass is 308 g/mol. The van der Waals surface area contributed by atoms with Crippen LogP contribution in [0.2, 0.25) is 0 Å². The molecule has 0 unspecified atom stereocenters. The molecule has 0 aromatic carbocycles. The van der Waals surface area contributed by atoms with E-state index in [1.807, 2.05) is 6.07 Å². The smallest absolute Gasteiger partial charge is 0.274 e. The van der Waals surface area contributed by atoms with Crippen molar-refractivity contribution in [3.05, 3.63) is 17.5 Å². The zero-order valence-corrected chi connectivity index (χ0v) is 13.0. The van der Waals surface area contributed by atoms with Crippen molar-refractivity contribution >= 4 is 5.91 Å². The lowest BCUT2D eigenvalue weighted by Gasteiger charge is -2.33. The fourth-order valence-electron chi connectivity index (χ4n) is 3.23. The number of amides is 1. The van der Waals surface area contributed by atoms with Crippen molar-refractivity contribution in [3.63, 3.8) is 0 Å². The SMILES string of the molecule is CCCc1cc(C(=O)N2C[C@H](O)[C@@H](N3CCOCC3)C2)n[nH]1. The standard InChI is InChI=1S/C15H24N4O3/c1-2-3-11-8-12(17-16-11)15(21)19-9-13(14(20)10-19)18-4-6-22-7-5-18/h8,13-14,20H,2-7,9-10H2,1H3,(H,16,17)/t13-,14-/m0/s1. The Labute approximate surface area is 130 Å². The van der Waals surface area contributed by atoms with Crippen molar-refractivity contribution in [2.45, 2.75) is 31.9 Å². The van der Waals surface area contributed by atoms with E-state index in [9.17, 15) is 9.90 Å².